The Morgan fingerprint density at radius 3 is 0.865 bits per heavy atom. The molecule has 0 aliphatic heterocycles. The third-order valence-electron chi connectivity index (χ3n) is 17.4. The number of allylic oxidation sites excluding steroid dienone is 10. The number of unbranched alkanes of at least 4 members (excludes halogenated alkanes) is 51. The van der Waals surface area contributed by atoms with Crippen molar-refractivity contribution in [3.8, 4) is 0 Å². The highest BCUT2D eigenvalue weighted by molar-refractivity contribution is 7.47. The molecule has 0 aromatic heterocycles. The van der Waals surface area contributed by atoms with E-state index < -0.39 is 26.5 Å². The Kier molecular flexibility index (Phi) is 72.8. The number of esters is 2. The van der Waals surface area contributed by atoms with Gasteiger partial charge in [-0.25, -0.2) is 4.57 Å². The van der Waals surface area contributed by atoms with Gasteiger partial charge in [0.1, 0.15) is 6.61 Å². The van der Waals surface area contributed by atoms with Crippen LogP contribution in [-0.2, 0) is 32.7 Å². The molecule has 0 aliphatic carbocycles. The number of carbonyl (C=O) groups is 2. The topological polar surface area (TPSA) is 134 Å². The summed E-state index contributed by atoms with van der Waals surface area (Å²) in [5.74, 6) is -0.806. The van der Waals surface area contributed by atoms with Crippen molar-refractivity contribution in [2.75, 3.05) is 26.4 Å². The molecule has 0 bridgehead atoms. The van der Waals surface area contributed by atoms with E-state index in [0.717, 1.165) is 51.4 Å². The third-order valence-corrected chi connectivity index (χ3v) is 18.4. The summed E-state index contributed by atoms with van der Waals surface area (Å²) in [5.41, 5.74) is 5.41. The SMILES string of the molecule is CCCCCCC/C=C\C/C=C\C/C=C\CCCCCCCCCCCCCCCCCCCCCCCCCCC(=O)OC(COC(=O)CCCCCCCCCCCCCCCCCCC/C=C\C/C=C\CCCCCCC)COP(=O)(O)OCCN. The van der Waals surface area contributed by atoms with Crippen LogP contribution in [0.15, 0.2) is 60.8 Å². The summed E-state index contributed by atoms with van der Waals surface area (Å²) in [4.78, 5) is 35.4. The van der Waals surface area contributed by atoms with Crippen LogP contribution in [0.4, 0.5) is 0 Å². The summed E-state index contributed by atoms with van der Waals surface area (Å²) < 4.78 is 33.3. The second-order valence-electron chi connectivity index (χ2n) is 26.2. The number of phosphoric acid groups is 1. The molecule has 0 radical (unpaired) electrons. The highest BCUT2D eigenvalue weighted by Crippen LogP contribution is 2.43. The summed E-state index contributed by atoms with van der Waals surface area (Å²) in [5, 5.41) is 0. The summed E-state index contributed by atoms with van der Waals surface area (Å²) >= 11 is 0. The maximum Gasteiger partial charge on any atom is 0.472 e. The maximum atomic E-state index is 12.8. The van der Waals surface area contributed by atoms with E-state index in [1.807, 2.05) is 0 Å². The predicted molar refractivity (Wildman–Crippen MR) is 386 cm³/mol. The fourth-order valence-corrected chi connectivity index (χ4v) is 12.4. The Bertz CT molecular complexity index is 1640. The van der Waals surface area contributed by atoms with E-state index >= 15 is 0 Å². The molecule has 89 heavy (non-hydrogen) atoms. The smallest absolute Gasteiger partial charge is 0.462 e. The molecule has 2 atom stereocenters. The van der Waals surface area contributed by atoms with Gasteiger partial charge in [0.25, 0.3) is 0 Å². The van der Waals surface area contributed by atoms with Gasteiger partial charge in [0.05, 0.1) is 13.2 Å². The van der Waals surface area contributed by atoms with Gasteiger partial charge in [-0.2, -0.15) is 0 Å². The van der Waals surface area contributed by atoms with Gasteiger partial charge < -0.3 is 20.1 Å². The van der Waals surface area contributed by atoms with E-state index in [2.05, 4.69) is 74.6 Å². The molecule has 0 rings (SSSR count). The summed E-state index contributed by atoms with van der Waals surface area (Å²) in [6.45, 7) is 3.79. The fourth-order valence-electron chi connectivity index (χ4n) is 11.6. The lowest BCUT2D eigenvalue weighted by Gasteiger charge is -2.19. The van der Waals surface area contributed by atoms with Crippen LogP contribution in [0.25, 0.3) is 0 Å². The van der Waals surface area contributed by atoms with Gasteiger partial charge in [-0.15, -0.1) is 0 Å². The van der Waals surface area contributed by atoms with Crippen LogP contribution in [-0.4, -0.2) is 49.3 Å². The number of nitrogens with two attached hydrogens (primary N) is 1. The number of phosphoric ester groups is 1. The second-order valence-corrected chi connectivity index (χ2v) is 27.7. The summed E-state index contributed by atoms with van der Waals surface area (Å²) in [7, 11) is -4.39. The van der Waals surface area contributed by atoms with Gasteiger partial charge >= 0.3 is 19.8 Å². The normalized spacial score (nSPS) is 13.2. The molecule has 3 N–H and O–H groups in total. The van der Waals surface area contributed by atoms with Gasteiger partial charge in [-0.1, -0.05) is 364 Å². The van der Waals surface area contributed by atoms with Crippen LogP contribution in [0.3, 0.4) is 0 Å². The van der Waals surface area contributed by atoms with E-state index in [0.29, 0.717) is 6.42 Å². The fraction of sp³-hybridized carbons (Fsp3) is 0.848. The predicted octanol–water partition coefficient (Wildman–Crippen LogP) is 25.8. The molecule has 0 saturated heterocycles. The molecule has 0 aromatic rings. The average Bonchev–Trinajstić information content (AvgIpc) is 3.68. The number of hydrogen-bond donors (Lipinski definition) is 2. The molecule has 2 unspecified atom stereocenters. The minimum absolute atomic E-state index is 0.0551. The second kappa shape index (κ2) is 74.7. The standard InChI is InChI=1S/C79H148NO8P/c1-3-5-7-9-11-13-15-17-19-21-23-25-27-29-31-33-34-35-36-37-38-39-40-41-42-44-46-48-50-52-54-56-58-60-62-64-66-68-70-72-79(82)88-77(76-87-89(83,84)86-74-73-80)75-85-78(81)71-69-67-65-63-61-59-57-55-53-51-49-47-45-43-32-30-28-26-24-22-20-18-16-14-12-10-8-6-4-2/h15-18,21-24,27,29,77H,3-14,19-20,25-26,28,30-76,80H2,1-2H3,(H,83,84)/b17-15-,18-16-,23-21-,24-22-,29-27-. The van der Waals surface area contributed by atoms with Crippen molar-refractivity contribution < 1.29 is 37.6 Å². The van der Waals surface area contributed by atoms with E-state index in [-0.39, 0.29) is 38.6 Å². The lowest BCUT2D eigenvalue weighted by Crippen LogP contribution is -2.29. The van der Waals surface area contributed by atoms with E-state index in [4.69, 9.17) is 24.3 Å². The Labute approximate surface area is 552 Å². The third kappa shape index (κ3) is 74.6. The van der Waals surface area contributed by atoms with Crippen molar-refractivity contribution in [3.05, 3.63) is 60.8 Å². The molecule has 9 nitrogen and oxygen atoms in total. The molecule has 0 saturated carbocycles. The average molecular weight is 1270 g/mol. The number of carbonyl (C=O) groups excluding carboxylic acids is 2. The van der Waals surface area contributed by atoms with Crippen LogP contribution >= 0.6 is 7.82 Å². The monoisotopic (exact) mass is 1270 g/mol. The molecule has 0 aliphatic rings. The van der Waals surface area contributed by atoms with E-state index in [1.54, 1.807) is 0 Å². The largest absolute Gasteiger partial charge is 0.472 e. The van der Waals surface area contributed by atoms with Gasteiger partial charge in [-0.05, 0) is 83.5 Å². The molecule has 0 heterocycles. The van der Waals surface area contributed by atoms with Crippen LogP contribution < -0.4 is 5.73 Å². The number of rotatable bonds is 74. The number of hydrogen-bond acceptors (Lipinski definition) is 8. The number of ether oxygens (including phenoxy) is 2. The Morgan fingerprint density at radius 2 is 0.584 bits per heavy atom. The van der Waals surface area contributed by atoms with Crippen molar-refractivity contribution >= 4 is 19.8 Å². The highest BCUT2D eigenvalue weighted by Gasteiger charge is 2.26. The first-order valence-electron chi connectivity index (χ1n) is 38.8. The molecule has 0 aromatic carbocycles. The Balaban J connectivity index is 3.77. The van der Waals surface area contributed by atoms with Gasteiger partial charge in [0.15, 0.2) is 6.10 Å². The molecule has 0 spiro atoms. The summed E-state index contributed by atoms with van der Waals surface area (Å²) in [6, 6.07) is 0. The first kappa shape index (κ1) is 86.7. The molecular formula is C79H148NO8P. The minimum atomic E-state index is -4.39. The Morgan fingerprint density at radius 1 is 0.337 bits per heavy atom. The van der Waals surface area contributed by atoms with Crippen molar-refractivity contribution in [2.45, 2.75) is 405 Å². The lowest BCUT2D eigenvalue weighted by atomic mass is 10.0. The van der Waals surface area contributed by atoms with E-state index in [1.165, 1.54) is 315 Å². The van der Waals surface area contributed by atoms with Crippen molar-refractivity contribution in [3.63, 3.8) is 0 Å². The lowest BCUT2D eigenvalue weighted by molar-refractivity contribution is -0.161. The molecule has 522 valence electrons. The molecule has 0 fully saturated rings. The van der Waals surface area contributed by atoms with Crippen molar-refractivity contribution in [1.29, 1.82) is 0 Å². The van der Waals surface area contributed by atoms with Crippen LogP contribution in [0.2, 0.25) is 0 Å². The van der Waals surface area contributed by atoms with Gasteiger partial charge in [-0.3, -0.25) is 18.6 Å². The maximum absolute atomic E-state index is 12.8. The highest BCUT2D eigenvalue weighted by atomic mass is 31.2. The van der Waals surface area contributed by atoms with Crippen molar-refractivity contribution in [1.82, 2.24) is 0 Å². The quantitative estimate of drug-likeness (QED) is 0.0264. The zero-order valence-corrected chi connectivity index (χ0v) is 59.8. The molecule has 10 heteroatoms. The summed E-state index contributed by atoms with van der Waals surface area (Å²) in [6.07, 6.45) is 97.8. The Hall–Kier alpha value is -2.29. The van der Waals surface area contributed by atoms with Crippen LogP contribution in [0.5, 0.6) is 0 Å². The van der Waals surface area contributed by atoms with Crippen LogP contribution in [0, 0.1) is 0 Å². The first-order chi connectivity index (χ1) is 43.8. The van der Waals surface area contributed by atoms with Gasteiger partial charge in [0, 0.05) is 19.4 Å². The minimum Gasteiger partial charge on any atom is -0.462 e. The molecule has 0 amide bonds. The van der Waals surface area contributed by atoms with E-state index in [9.17, 15) is 19.0 Å². The first-order valence-corrected chi connectivity index (χ1v) is 40.3. The zero-order valence-electron chi connectivity index (χ0n) is 58.9. The van der Waals surface area contributed by atoms with Crippen molar-refractivity contribution in [2.24, 2.45) is 5.73 Å². The van der Waals surface area contributed by atoms with Gasteiger partial charge in [0.2, 0.25) is 0 Å². The zero-order chi connectivity index (χ0) is 64.4. The molecular weight excluding hydrogens is 1120 g/mol. The van der Waals surface area contributed by atoms with Crippen LogP contribution in [0.1, 0.15) is 399 Å².